The highest BCUT2D eigenvalue weighted by molar-refractivity contribution is 5.85. The maximum atomic E-state index is 11.5. The molecule has 0 bridgehead atoms. The third kappa shape index (κ3) is 7.17. The van der Waals surface area contributed by atoms with Crippen molar-refractivity contribution in [3.63, 3.8) is 0 Å². The minimum absolute atomic E-state index is 0. The number of hydrogen-bond acceptors (Lipinski definition) is 5. The molecule has 3 N–H and O–H groups in total. The van der Waals surface area contributed by atoms with E-state index in [1.165, 1.54) is 0 Å². The van der Waals surface area contributed by atoms with Crippen LogP contribution in [0.2, 0.25) is 0 Å². The number of hydrogen-bond donors (Lipinski definition) is 2. The van der Waals surface area contributed by atoms with Gasteiger partial charge in [-0.3, -0.25) is 9.78 Å². The second kappa shape index (κ2) is 11.5. The fourth-order valence-corrected chi connectivity index (χ4v) is 1.94. The van der Waals surface area contributed by atoms with Gasteiger partial charge in [0.25, 0.3) is 0 Å². The van der Waals surface area contributed by atoms with Gasteiger partial charge in [0, 0.05) is 24.5 Å². The molecule has 1 amide bonds. The zero-order chi connectivity index (χ0) is 16.7. The number of ether oxygens (including phenoxy) is 2. The van der Waals surface area contributed by atoms with Crippen molar-refractivity contribution in [1.29, 1.82) is 0 Å². The molecule has 0 fully saturated rings. The van der Waals surface area contributed by atoms with Gasteiger partial charge in [-0.25, -0.2) is 0 Å². The summed E-state index contributed by atoms with van der Waals surface area (Å²) >= 11 is 0. The standard InChI is InChI=1S/C17H21N3O3.2ClH/c1-12(18)17(21)20-10-13-5-6-15(16(8-13)22-2)23-11-14-4-3-7-19-9-14;;/h3-9,12H,10-11,18H2,1-2H3,(H,20,21);2*1H/t12-;;/m1../s1. The number of carbonyl (C=O) groups is 1. The molecule has 1 heterocycles. The first-order chi connectivity index (χ1) is 11.1. The number of nitrogens with one attached hydrogen (secondary N) is 1. The Morgan fingerprint density at radius 2 is 2.00 bits per heavy atom. The highest BCUT2D eigenvalue weighted by Gasteiger charge is 2.09. The van der Waals surface area contributed by atoms with Crippen molar-refractivity contribution >= 4 is 30.7 Å². The van der Waals surface area contributed by atoms with Gasteiger partial charge in [0.2, 0.25) is 5.91 Å². The average molecular weight is 388 g/mol. The average Bonchev–Trinajstić information content (AvgIpc) is 2.58. The van der Waals surface area contributed by atoms with Crippen molar-refractivity contribution in [2.75, 3.05) is 7.11 Å². The molecule has 0 aliphatic carbocycles. The molecule has 8 heteroatoms. The van der Waals surface area contributed by atoms with E-state index in [0.29, 0.717) is 24.7 Å². The van der Waals surface area contributed by atoms with E-state index in [9.17, 15) is 4.79 Å². The first-order valence-corrected chi connectivity index (χ1v) is 7.32. The molecule has 0 spiro atoms. The van der Waals surface area contributed by atoms with E-state index in [1.54, 1.807) is 26.4 Å². The Labute approximate surface area is 159 Å². The van der Waals surface area contributed by atoms with Gasteiger partial charge in [0.15, 0.2) is 11.5 Å². The van der Waals surface area contributed by atoms with Gasteiger partial charge in [-0.2, -0.15) is 0 Å². The maximum absolute atomic E-state index is 11.5. The van der Waals surface area contributed by atoms with Gasteiger partial charge in [0.05, 0.1) is 13.2 Å². The summed E-state index contributed by atoms with van der Waals surface area (Å²) in [5.41, 5.74) is 7.40. The van der Waals surface area contributed by atoms with Crippen molar-refractivity contribution in [2.45, 2.75) is 26.1 Å². The highest BCUT2D eigenvalue weighted by atomic mass is 35.5. The molecule has 1 atom stereocenters. The molecular weight excluding hydrogens is 365 g/mol. The first-order valence-electron chi connectivity index (χ1n) is 7.32. The third-order valence-corrected chi connectivity index (χ3v) is 3.23. The molecule has 1 aromatic carbocycles. The number of rotatable bonds is 7. The van der Waals surface area contributed by atoms with Crippen molar-refractivity contribution in [2.24, 2.45) is 5.73 Å². The quantitative estimate of drug-likeness (QED) is 0.761. The van der Waals surface area contributed by atoms with Crippen LogP contribution in [0.3, 0.4) is 0 Å². The van der Waals surface area contributed by atoms with Crippen LogP contribution in [0.1, 0.15) is 18.1 Å². The molecule has 0 aliphatic rings. The van der Waals surface area contributed by atoms with Crippen molar-refractivity contribution in [3.05, 3.63) is 53.9 Å². The number of methoxy groups -OCH3 is 1. The van der Waals surface area contributed by atoms with Gasteiger partial charge in [-0.15, -0.1) is 24.8 Å². The lowest BCUT2D eigenvalue weighted by Gasteiger charge is -2.13. The van der Waals surface area contributed by atoms with Gasteiger partial charge >= 0.3 is 0 Å². The van der Waals surface area contributed by atoms with Crippen LogP contribution >= 0.6 is 24.8 Å². The van der Waals surface area contributed by atoms with Gasteiger partial charge in [-0.05, 0) is 30.7 Å². The Kier molecular flexibility index (Phi) is 10.6. The van der Waals surface area contributed by atoms with E-state index < -0.39 is 6.04 Å². The Morgan fingerprint density at radius 1 is 1.24 bits per heavy atom. The van der Waals surface area contributed by atoms with Crippen LogP contribution in [0.25, 0.3) is 0 Å². The van der Waals surface area contributed by atoms with Crippen LogP contribution in [-0.4, -0.2) is 24.0 Å². The smallest absolute Gasteiger partial charge is 0.236 e. The van der Waals surface area contributed by atoms with E-state index in [4.69, 9.17) is 15.2 Å². The van der Waals surface area contributed by atoms with Crippen molar-refractivity contribution < 1.29 is 14.3 Å². The molecule has 6 nitrogen and oxygen atoms in total. The predicted octanol–water partition coefficient (Wildman–Crippen LogP) is 2.48. The summed E-state index contributed by atoms with van der Waals surface area (Å²) in [6.07, 6.45) is 3.47. The summed E-state index contributed by atoms with van der Waals surface area (Å²) in [7, 11) is 1.58. The number of carbonyl (C=O) groups excluding carboxylic acids is 1. The first kappa shape index (κ1) is 23.0. The molecule has 2 aromatic rings. The molecule has 2 rings (SSSR count). The number of amides is 1. The maximum Gasteiger partial charge on any atom is 0.236 e. The van der Waals surface area contributed by atoms with Gasteiger partial charge < -0.3 is 20.5 Å². The number of pyridine rings is 1. The Hall–Kier alpha value is -2.02. The molecule has 0 saturated heterocycles. The van der Waals surface area contributed by atoms with Crippen LogP contribution in [0.15, 0.2) is 42.7 Å². The molecule has 0 aliphatic heterocycles. The molecular formula is C17H23Cl2N3O3. The van der Waals surface area contributed by atoms with E-state index in [2.05, 4.69) is 10.3 Å². The summed E-state index contributed by atoms with van der Waals surface area (Å²) in [6, 6.07) is 8.81. The van der Waals surface area contributed by atoms with E-state index in [-0.39, 0.29) is 30.7 Å². The van der Waals surface area contributed by atoms with Gasteiger partial charge in [0.1, 0.15) is 6.61 Å². The summed E-state index contributed by atoms with van der Waals surface area (Å²) in [5, 5.41) is 2.76. The monoisotopic (exact) mass is 387 g/mol. The molecule has 1 aromatic heterocycles. The number of nitrogens with zero attached hydrogens (tertiary/aromatic N) is 1. The number of benzene rings is 1. The largest absolute Gasteiger partial charge is 0.493 e. The van der Waals surface area contributed by atoms with Crippen LogP contribution in [0.5, 0.6) is 11.5 Å². The predicted molar refractivity (Wildman–Crippen MR) is 102 cm³/mol. The van der Waals surface area contributed by atoms with Crippen molar-refractivity contribution in [1.82, 2.24) is 10.3 Å². The molecule has 0 saturated carbocycles. The lowest BCUT2D eigenvalue weighted by molar-refractivity contribution is -0.122. The van der Waals surface area contributed by atoms with Crippen LogP contribution in [0.4, 0.5) is 0 Å². The molecule has 138 valence electrons. The topological polar surface area (TPSA) is 86.5 Å². The Balaban J connectivity index is 0.00000288. The zero-order valence-electron chi connectivity index (χ0n) is 14.1. The minimum atomic E-state index is -0.529. The third-order valence-electron chi connectivity index (χ3n) is 3.23. The van der Waals surface area contributed by atoms with E-state index in [0.717, 1.165) is 11.1 Å². The lowest BCUT2D eigenvalue weighted by Crippen LogP contribution is -2.37. The second-order valence-corrected chi connectivity index (χ2v) is 5.14. The second-order valence-electron chi connectivity index (χ2n) is 5.14. The van der Waals surface area contributed by atoms with E-state index in [1.807, 2.05) is 30.3 Å². The van der Waals surface area contributed by atoms with Crippen molar-refractivity contribution in [3.8, 4) is 11.5 Å². The molecule has 0 unspecified atom stereocenters. The summed E-state index contributed by atoms with van der Waals surface area (Å²) in [5.74, 6) is 1.06. The summed E-state index contributed by atoms with van der Waals surface area (Å²) in [4.78, 5) is 15.5. The lowest BCUT2D eigenvalue weighted by atomic mass is 10.2. The minimum Gasteiger partial charge on any atom is -0.493 e. The number of aromatic nitrogens is 1. The fraction of sp³-hybridized carbons (Fsp3) is 0.294. The summed E-state index contributed by atoms with van der Waals surface area (Å²) < 4.78 is 11.1. The van der Waals surface area contributed by atoms with Crippen LogP contribution in [-0.2, 0) is 17.9 Å². The Bertz CT molecular complexity index is 655. The zero-order valence-corrected chi connectivity index (χ0v) is 15.7. The Morgan fingerprint density at radius 3 is 2.60 bits per heavy atom. The normalized spacial score (nSPS) is 10.7. The summed E-state index contributed by atoms with van der Waals surface area (Å²) in [6.45, 7) is 2.44. The highest BCUT2D eigenvalue weighted by Crippen LogP contribution is 2.28. The number of halogens is 2. The molecule has 0 radical (unpaired) electrons. The van der Waals surface area contributed by atoms with Crippen LogP contribution in [0, 0.1) is 0 Å². The van der Waals surface area contributed by atoms with E-state index >= 15 is 0 Å². The van der Waals surface area contributed by atoms with Gasteiger partial charge in [-0.1, -0.05) is 12.1 Å². The van der Waals surface area contributed by atoms with Crippen LogP contribution < -0.4 is 20.5 Å². The number of nitrogens with two attached hydrogens (primary N) is 1. The SMILES string of the molecule is COc1cc(CNC(=O)[C@@H](C)N)ccc1OCc1cccnc1.Cl.Cl. The molecule has 25 heavy (non-hydrogen) atoms. The fourth-order valence-electron chi connectivity index (χ4n) is 1.94.